The van der Waals surface area contributed by atoms with Crippen molar-refractivity contribution in [2.45, 2.75) is 51.0 Å². The molecule has 0 bridgehead atoms. The van der Waals surface area contributed by atoms with E-state index in [2.05, 4.69) is 0 Å². The van der Waals surface area contributed by atoms with Crippen molar-refractivity contribution in [3.63, 3.8) is 0 Å². The summed E-state index contributed by atoms with van der Waals surface area (Å²) >= 11 is 0. The molecule has 3 aromatic rings. The molecule has 1 aliphatic carbocycles. The van der Waals surface area contributed by atoms with E-state index in [9.17, 15) is 9.59 Å². The Bertz CT molecular complexity index is 1250. The van der Waals surface area contributed by atoms with Gasteiger partial charge in [-0.2, -0.15) is 0 Å². The van der Waals surface area contributed by atoms with Gasteiger partial charge in [-0.3, -0.25) is 9.59 Å². The Balaban J connectivity index is 1.41. The quantitative estimate of drug-likeness (QED) is 0.478. The average molecular weight is 471 g/mol. The number of carbonyl (C=O) groups is 2. The van der Waals surface area contributed by atoms with Crippen molar-refractivity contribution in [2.75, 3.05) is 11.4 Å². The minimum absolute atomic E-state index is 0.0122. The van der Waals surface area contributed by atoms with E-state index in [1.807, 2.05) is 55.5 Å². The molecule has 5 rings (SSSR count). The first-order chi connectivity index (χ1) is 17.0. The maximum Gasteiger partial charge on any atom is 0.248 e. The number of nitrogens with zero attached hydrogens (tertiary/aromatic N) is 1. The molecule has 1 atom stereocenters. The molecule has 2 N–H and O–H groups in total. The summed E-state index contributed by atoms with van der Waals surface area (Å²) in [6, 6.07) is 20.9. The second-order valence-electron chi connectivity index (χ2n) is 9.42. The predicted octanol–water partition coefficient (Wildman–Crippen LogP) is 5.73. The molecular weight excluding hydrogens is 440 g/mol. The molecular formula is C29H30N2O4. The fraction of sp³-hybridized carbons (Fsp3) is 0.310. The highest BCUT2D eigenvalue weighted by Gasteiger charge is 2.32. The number of hydrogen-bond acceptors (Lipinski definition) is 4. The van der Waals surface area contributed by atoms with E-state index >= 15 is 0 Å². The minimum atomic E-state index is -0.506. The summed E-state index contributed by atoms with van der Waals surface area (Å²) in [5, 5.41) is 0. The first kappa shape index (κ1) is 23.0. The molecule has 1 aliphatic heterocycles. The van der Waals surface area contributed by atoms with Crippen LogP contribution in [0.25, 0.3) is 0 Å². The van der Waals surface area contributed by atoms with Crippen molar-refractivity contribution in [1.29, 1.82) is 0 Å². The highest BCUT2D eigenvalue weighted by atomic mass is 16.5. The van der Waals surface area contributed by atoms with Gasteiger partial charge in [0.2, 0.25) is 11.8 Å². The third-order valence-electron chi connectivity index (χ3n) is 6.92. The van der Waals surface area contributed by atoms with Crippen molar-refractivity contribution >= 4 is 17.5 Å². The number of benzene rings is 3. The van der Waals surface area contributed by atoms with Gasteiger partial charge >= 0.3 is 0 Å². The van der Waals surface area contributed by atoms with E-state index in [1.54, 1.807) is 23.1 Å². The minimum Gasteiger partial charge on any atom is -0.487 e. The van der Waals surface area contributed by atoms with Crippen molar-refractivity contribution in [3.8, 4) is 17.2 Å². The van der Waals surface area contributed by atoms with E-state index in [1.165, 1.54) is 12.8 Å². The van der Waals surface area contributed by atoms with Crippen LogP contribution in [-0.2, 0) is 4.79 Å². The highest BCUT2D eigenvalue weighted by Crippen LogP contribution is 2.40. The Morgan fingerprint density at radius 2 is 1.74 bits per heavy atom. The first-order valence-electron chi connectivity index (χ1n) is 12.2. The molecule has 35 heavy (non-hydrogen) atoms. The van der Waals surface area contributed by atoms with E-state index < -0.39 is 5.91 Å². The summed E-state index contributed by atoms with van der Waals surface area (Å²) < 4.78 is 12.7. The number of carbonyl (C=O) groups excluding carboxylic acids is 2. The number of primary amides is 1. The smallest absolute Gasteiger partial charge is 0.248 e. The van der Waals surface area contributed by atoms with Gasteiger partial charge in [-0.15, -0.1) is 0 Å². The van der Waals surface area contributed by atoms with Gasteiger partial charge in [-0.1, -0.05) is 30.3 Å². The summed E-state index contributed by atoms with van der Waals surface area (Å²) in [6.07, 6.45) is 5.01. The standard InChI is InChI=1S/C29H30N2O4/c1-19-7-2-5-12-25(19)35-26-14-13-20(16-27(26)34-24-10-3-4-11-24)22-17-28(32)31(18-22)23-9-6-8-21(15-23)29(30)33/h2,5-9,12-16,22,24H,3-4,10-11,17-18H2,1H3,(H2,30,33)/t22-/m1/s1. The number of amides is 2. The van der Waals surface area contributed by atoms with Crippen LogP contribution < -0.4 is 20.1 Å². The molecule has 6 heteroatoms. The van der Waals surface area contributed by atoms with Crippen LogP contribution in [-0.4, -0.2) is 24.5 Å². The van der Waals surface area contributed by atoms with Crippen molar-refractivity contribution < 1.29 is 19.1 Å². The van der Waals surface area contributed by atoms with E-state index in [0.29, 0.717) is 30.0 Å². The largest absolute Gasteiger partial charge is 0.487 e. The molecule has 1 saturated carbocycles. The number of rotatable bonds is 7. The Hall–Kier alpha value is -3.80. The van der Waals surface area contributed by atoms with E-state index in [4.69, 9.17) is 15.2 Å². The van der Waals surface area contributed by atoms with Gasteiger partial charge in [0.25, 0.3) is 0 Å². The Labute approximate surface area is 205 Å². The summed E-state index contributed by atoms with van der Waals surface area (Å²) in [4.78, 5) is 26.2. The molecule has 0 radical (unpaired) electrons. The highest BCUT2D eigenvalue weighted by molar-refractivity contribution is 5.99. The third kappa shape index (κ3) is 5.02. The second kappa shape index (κ2) is 9.82. The first-order valence-corrected chi connectivity index (χ1v) is 12.2. The van der Waals surface area contributed by atoms with Gasteiger partial charge in [-0.25, -0.2) is 0 Å². The van der Waals surface area contributed by atoms with Crippen LogP contribution in [0.5, 0.6) is 17.2 Å². The molecule has 2 aliphatic rings. The van der Waals surface area contributed by atoms with Crippen molar-refractivity contribution in [1.82, 2.24) is 0 Å². The predicted molar refractivity (Wildman–Crippen MR) is 135 cm³/mol. The summed E-state index contributed by atoms with van der Waals surface area (Å²) in [5.41, 5.74) is 8.60. The zero-order valence-electron chi connectivity index (χ0n) is 19.9. The molecule has 2 amide bonds. The molecule has 0 unspecified atom stereocenters. The van der Waals surface area contributed by atoms with E-state index in [-0.39, 0.29) is 17.9 Å². The van der Waals surface area contributed by atoms with Crippen molar-refractivity contribution in [3.05, 3.63) is 83.4 Å². The average Bonchev–Trinajstić information content (AvgIpc) is 3.51. The topological polar surface area (TPSA) is 81.9 Å². The van der Waals surface area contributed by atoms with Crippen LogP contribution in [0, 0.1) is 6.92 Å². The number of anilines is 1. The Morgan fingerprint density at radius 3 is 2.51 bits per heavy atom. The number of aryl methyl sites for hydroxylation is 1. The Morgan fingerprint density at radius 1 is 0.943 bits per heavy atom. The molecule has 2 fully saturated rings. The van der Waals surface area contributed by atoms with Gasteiger partial charge in [0.15, 0.2) is 11.5 Å². The van der Waals surface area contributed by atoms with Crippen LogP contribution >= 0.6 is 0 Å². The second-order valence-corrected chi connectivity index (χ2v) is 9.42. The fourth-order valence-corrected chi connectivity index (χ4v) is 4.94. The van der Waals surface area contributed by atoms with Gasteiger partial charge in [0, 0.05) is 30.1 Å². The lowest BCUT2D eigenvalue weighted by molar-refractivity contribution is -0.117. The molecule has 180 valence electrons. The van der Waals surface area contributed by atoms with Crippen LogP contribution in [0.1, 0.15) is 59.5 Å². The number of nitrogens with two attached hydrogens (primary N) is 1. The maximum absolute atomic E-state index is 12.9. The SMILES string of the molecule is Cc1ccccc1Oc1ccc([C@@H]2CC(=O)N(c3cccc(C(N)=O)c3)C2)cc1OC1CCCC1. The molecule has 1 heterocycles. The summed E-state index contributed by atoms with van der Waals surface area (Å²) in [6.45, 7) is 2.55. The third-order valence-corrected chi connectivity index (χ3v) is 6.92. The van der Waals surface area contributed by atoms with Gasteiger partial charge in [0.1, 0.15) is 5.75 Å². The zero-order chi connectivity index (χ0) is 24.4. The lowest BCUT2D eigenvalue weighted by Gasteiger charge is -2.20. The van der Waals surface area contributed by atoms with Gasteiger partial charge < -0.3 is 20.1 Å². The van der Waals surface area contributed by atoms with Gasteiger partial charge in [-0.05, 0) is 80.1 Å². The number of hydrogen-bond donors (Lipinski definition) is 1. The number of para-hydroxylation sites is 1. The monoisotopic (exact) mass is 470 g/mol. The van der Waals surface area contributed by atoms with Crippen LogP contribution in [0.3, 0.4) is 0 Å². The lowest BCUT2D eigenvalue weighted by Crippen LogP contribution is -2.24. The summed E-state index contributed by atoms with van der Waals surface area (Å²) in [7, 11) is 0. The molecule has 3 aromatic carbocycles. The fourth-order valence-electron chi connectivity index (χ4n) is 4.94. The van der Waals surface area contributed by atoms with E-state index in [0.717, 1.165) is 35.5 Å². The molecule has 0 aromatic heterocycles. The molecule has 1 saturated heterocycles. The van der Waals surface area contributed by atoms with Crippen LogP contribution in [0.4, 0.5) is 5.69 Å². The molecule has 6 nitrogen and oxygen atoms in total. The van der Waals surface area contributed by atoms with Gasteiger partial charge in [0.05, 0.1) is 6.10 Å². The van der Waals surface area contributed by atoms with Crippen molar-refractivity contribution in [2.24, 2.45) is 5.73 Å². The normalized spacial score (nSPS) is 18.1. The molecule has 0 spiro atoms. The van der Waals surface area contributed by atoms with Crippen LogP contribution in [0.15, 0.2) is 66.7 Å². The lowest BCUT2D eigenvalue weighted by atomic mass is 9.97. The zero-order valence-corrected chi connectivity index (χ0v) is 19.9. The maximum atomic E-state index is 12.9. The van der Waals surface area contributed by atoms with Crippen LogP contribution in [0.2, 0.25) is 0 Å². The number of ether oxygens (including phenoxy) is 2. The summed E-state index contributed by atoms with van der Waals surface area (Å²) in [5.74, 6) is 1.74. The Kier molecular flexibility index (Phi) is 6.45.